The molecule has 0 spiro atoms. The van der Waals surface area contributed by atoms with Gasteiger partial charge in [0.1, 0.15) is 11.5 Å². The van der Waals surface area contributed by atoms with E-state index >= 15 is 0 Å². The van der Waals surface area contributed by atoms with Crippen molar-refractivity contribution in [3.05, 3.63) is 57.3 Å². The van der Waals surface area contributed by atoms with E-state index in [9.17, 15) is 4.79 Å². The number of nitrogens with zero attached hydrogens (tertiary/aromatic N) is 4. The van der Waals surface area contributed by atoms with Crippen LogP contribution in [0.2, 0.25) is 0 Å². The van der Waals surface area contributed by atoms with Crippen LogP contribution in [0.25, 0.3) is 21.6 Å². The Morgan fingerprint density at radius 2 is 2.08 bits per heavy atom. The molecule has 0 aliphatic carbocycles. The summed E-state index contributed by atoms with van der Waals surface area (Å²) >= 11 is 1.71. The standard InChI is InChI=1S/C17H16N4O2S/c1-10-6-13(19-23-10)9-21-14-7-12(15-5-4-11(2)24-15)8-18-16(14)20(3)17(21)22/h4-8H,9H2,1-3H3. The molecule has 24 heavy (non-hydrogen) atoms. The molecule has 0 unspecified atom stereocenters. The first-order valence-electron chi connectivity index (χ1n) is 7.57. The Labute approximate surface area is 142 Å². The van der Waals surface area contributed by atoms with Crippen LogP contribution in [0.3, 0.4) is 0 Å². The van der Waals surface area contributed by atoms with Gasteiger partial charge in [-0.05, 0) is 32.0 Å². The van der Waals surface area contributed by atoms with Crippen LogP contribution in [0.4, 0.5) is 0 Å². The van der Waals surface area contributed by atoms with Crippen LogP contribution in [0.1, 0.15) is 16.3 Å². The summed E-state index contributed by atoms with van der Waals surface area (Å²) < 4.78 is 8.35. The maximum atomic E-state index is 12.6. The minimum Gasteiger partial charge on any atom is -0.361 e. The van der Waals surface area contributed by atoms with Crippen molar-refractivity contribution >= 4 is 22.5 Å². The summed E-state index contributed by atoms with van der Waals surface area (Å²) in [7, 11) is 1.73. The molecular formula is C17H16N4O2S. The van der Waals surface area contributed by atoms with E-state index in [1.54, 1.807) is 27.5 Å². The van der Waals surface area contributed by atoms with Gasteiger partial charge in [0.05, 0.1) is 12.1 Å². The van der Waals surface area contributed by atoms with Crippen LogP contribution in [0, 0.1) is 13.8 Å². The number of hydrogen-bond acceptors (Lipinski definition) is 5. The van der Waals surface area contributed by atoms with Crippen LogP contribution < -0.4 is 5.69 Å². The molecule has 4 rings (SSSR count). The van der Waals surface area contributed by atoms with E-state index in [4.69, 9.17) is 4.52 Å². The summed E-state index contributed by atoms with van der Waals surface area (Å²) in [5.41, 5.74) is 3.08. The average Bonchev–Trinajstić information content (AvgIpc) is 3.24. The van der Waals surface area contributed by atoms with Gasteiger partial charge < -0.3 is 4.52 Å². The molecule has 122 valence electrons. The number of aryl methyl sites for hydroxylation is 3. The van der Waals surface area contributed by atoms with Gasteiger partial charge in [0.25, 0.3) is 0 Å². The van der Waals surface area contributed by atoms with Crippen molar-refractivity contribution in [1.82, 2.24) is 19.3 Å². The van der Waals surface area contributed by atoms with Gasteiger partial charge in [0.15, 0.2) is 5.65 Å². The molecule has 7 heteroatoms. The van der Waals surface area contributed by atoms with Gasteiger partial charge in [-0.2, -0.15) is 0 Å². The maximum absolute atomic E-state index is 12.6. The highest BCUT2D eigenvalue weighted by Crippen LogP contribution is 2.29. The Kier molecular flexibility index (Phi) is 3.38. The molecule has 4 heterocycles. The normalized spacial score (nSPS) is 11.5. The molecule has 0 atom stereocenters. The number of hydrogen-bond donors (Lipinski definition) is 0. The first-order valence-corrected chi connectivity index (χ1v) is 8.39. The maximum Gasteiger partial charge on any atom is 0.330 e. The molecule has 0 saturated carbocycles. The van der Waals surface area contributed by atoms with Crippen LogP contribution in [-0.4, -0.2) is 19.3 Å². The smallest absolute Gasteiger partial charge is 0.330 e. The minimum absolute atomic E-state index is 0.113. The third-order valence-electron chi connectivity index (χ3n) is 4.00. The molecule has 4 aromatic rings. The van der Waals surface area contributed by atoms with Crippen LogP contribution in [0.5, 0.6) is 0 Å². The van der Waals surface area contributed by atoms with Gasteiger partial charge in [-0.25, -0.2) is 9.78 Å². The first kappa shape index (κ1) is 14.9. The van der Waals surface area contributed by atoms with Crippen molar-refractivity contribution in [3.8, 4) is 10.4 Å². The molecule has 0 saturated heterocycles. The average molecular weight is 340 g/mol. The number of fused-ring (bicyclic) bond motifs is 1. The number of pyridine rings is 1. The summed E-state index contributed by atoms with van der Waals surface area (Å²) in [6, 6.07) is 8.02. The van der Waals surface area contributed by atoms with E-state index in [2.05, 4.69) is 29.2 Å². The predicted octanol–water partition coefficient (Wildman–Crippen LogP) is 3.12. The van der Waals surface area contributed by atoms with Gasteiger partial charge in [0.2, 0.25) is 0 Å². The van der Waals surface area contributed by atoms with Gasteiger partial charge in [-0.15, -0.1) is 11.3 Å². The lowest BCUT2D eigenvalue weighted by Gasteiger charge is -2.02. The molecule has 4 aromatic heterocycles. The van der Waals surface area contributed by atoms with Gasteiger partial charge in [0, 0.05) is 34.6 Å². The van der Waals surface area contributed by atoms with E-state index in [1.165, 1.54) is 4.88 Å². The second kappa shape index (κ2) is 5.45. The highest BCUT2D eigenvalue weighted by atomic mass is 32.1. The Morgan fingerprint density at radius 3 is 2.75 bits per heavy atom. The molecule has 0 aliphatic heterocycles. The fourth-order valence-corrected chi connectivity index (χ4v) is 3.66. The van der Waals surface area contributed by atoms with E-state index in [0.717, 1.165) is 27.4 Å². The SMILES string of the molecule is Cc1cc(Cn2c(=O)n(C)c3ncc(-c4ccc(C)s4)cc32)no1. The van der Waals surface area contributed by atoms with Crippen molar-refractivity contribution in [3.63, 3.8) is 0 Å². The summed E-state index contributed by atoms with van der Waals surface area (Å²) in [4.78, 5) is 19.5. The molecule has 0 fully saturated rings. The third kappa shape index (κ3) is 2.37. The van der Waals surface area contributed by atoms with Crippen LogP contribution in [0.15, 0.2) is 39.8 Å². The van der Waals surface area contributed by atoms with Gasteiger partial charge in [-0.1, -0.05) is 5.16 Å². The number of aromatic nitrogens is 4. The molecule has 0 radical (unpaired) electrons. The Morgan fingerprint density at radius 1 is 1.25 bits per heavy atom. The zero-order valence-electron chi connectivity index (χ0n) is 13.6. The Balaban J connectivity index is 1.88. The monoisotopic (exact) mass is 340 g/mol. The van der Waals surface area contributed by atoms with Crippen LogP contribution >= 0.6 is 11.3 Å². The van der Waals surface area contributed by atoms with Crippen LogP contribution in [-0.2, 0) is 13.6 Å². The Bertz CT molecular complexity index is 1100. The lowest BCUT2D eigenvalue weighted by Crippen LogP contribution is -2.22. The zero-order chi connectivity index (χ0) is 16.8. The third-order valence-corrected chi connectivity index (χ3v) is 5.05. The zero-order valence-corrected chi connectivity index (χ0v) is 14.4. The fraction of sp³-hybridized carbons (Fsp3) is 0.235. The molecule has 6 nitrogen and oxygen atoms in total. The fourth-order valence-electron chi connectivity index (χ4n) is 2.81. The van der Waals surface area contributed by atoms with Gasteiger partial charge >= 0.3 is 5.69 Å². The van der Waals surface area contributed by atoms with Crippen molar-refractivity contribution in [2.75, 3.05) is 0 Å². The molecule has 0 aliphatic rings. The second-order valence-electron chi connectivity index (χ2n) is 5.83. The number of rotatable bonds is 3. The molecule has 0 N–H and O–H groups in total. The van der Waals surface area contributed by atoms with Crippen molar-refractivity contribution in [2.45, 2.75) is 20.4 Å². The minimum atomic E-state index is -0.113. The topological polar surface area (TPSA) is 65.8 Å². The van der Waals surface area contributed by atoms with E-state index in [1.807, 2.05) is 25.3 Å². The first-order chi connectivity index (χ1) is 11.5. The van der Waals surface area contributed by atoms with E-state index < -0.39 is 0 Å². The number of thiophene rings is 1. The second-order valence-corrected chi connectivity index (χ2v) is 7.12. The predicted molar refractivity (Wildman–Crippen MR) is 93.4 cm³/mol. The molecular weight excluding hydrogens is 324 g/mol. The summed E-state index contributed by atoms with van der Waals surface area (Å²) in [6.45, 7) is 4.27. The summed E-state index contributed by atoms with van der Waals surface area (Å²) in [6.07, 6.45) is 1.82. The summed E-state index contributed by atoms with van der Waals surface area (Å²) in [5, 5.41) is 3.99. The quantitative estimate of drug-likeness (QED) is 0.575. The van der Waals surface area contributed by atoms with E-state index in [0.29, 0.717) is 12.2 Å². The summed E-state index contributed by atoms with van der Waals surface area (Å²) in [5.74, 6) is 0.728. The van der Waals surface area contributed by atoms with Crippen molar-refractivity contribution < 1.29 is 4.52 Å². The van der Waals surface area contributed by atoms with Crippen molar-refractivity contribution in [2.24, 2.45) is 7.05 Å². The van der Waals surface area contributed by atoms with E-state index in [-0.39, 0.29) is 5.69 Å². The Hall–Kier alpha value is -2.67. The van der Waals surface area contributed by atoms with Gasteiger partial charge in [-0.3, -0.25) is 9.13 Å². The highest BCUT2D eigenvalue weighted by molar-refractivity contribution is 7.15. The van der Waals surface area contributed by atoms with Crippen molar-refractivity contribution in [1.29, 1.82) is 0 Å². The lowest BCUT2D eigenvalue weighted by molar-refractivity contribution is 0.389. The number of imidazole rings is 1. The lowest BCUT2D eigenvalue weighted by atomic mass is 10.2. The molecule has 0 bridgehead atoms. The molecule has 0 aromatic carbocycles. The largest absolute Gasteiger partial charge is 0.361 e. The molecule has 0 amide bonds. The highest BCUT2D eigenvalue weighted by Gasteiger charge is 2.15.